The minimum Gasteiger partial charge on any atom is -0.356 e. The number of benzene rings is 1. The quantitative estimate of drug-likeness (QED) is 0.285. The van der Waals surface area contributed by atoms with Gasteiger partial charge >= 0.3 is 0 Å². The van der Waals surface area contributed by atoms with E-state index in [1.165, 1.54) is 18.5 Å². The summed E-state index contributed by atoms with van der Waals surface area (Å²) in [6, 6.07) is 8.61. The number of rotatable bonds is 11. The molecule has 0 bridgehead atoms. The maximum absolute atomic E-state index is 4.43. The van der Waals surface area contributed by atoms with E-state index in [4.69, 9.17) is 0 Å². The Hall–Kier alpha value is -3.21. The number of aryl methyl sites for hydroxylation is 1. The number of hydrogen-bond donors (Lipinski definition) is 1. The minimum absolute atomic E-state index is 0.772. The molecule has 4 nitrogen and oxygen atoms in total. The summed E-state index contributed by atoms with van der Waals surface area (Å²) < 4.78 is 0. The van der Waals surface area contributed by atoms with E-state index in [1.54, 1.807) is 0 Å². The standard InChI is InChI=1S/C27H33N3.C5H13N.2C2H6/c1-9-26(13-10-19(2)3)29-22(6)21(5)27-15-24(12-11-20(27)4)25-14-23(16-28-17-25)18-30(7)8;1-4-5-6(2)3;2*1-2/h9-17,29H,2,5-6,18H2,1,3-4,7-8H3;4-5H2,1-3H3;2*1-2H3/b13-10-,26-9+;;;. The lowest BCUT2D eigenvalue weighted by atomic mass is 9.94. The normalized spacial score (nSPS) is 10.6. The highest BCUT2D eigenvalue weighted by Gasteiger charge is 2.10. The fourth-order valence-corrected chi connectivity index (χ4v) is 3.53. The van der Waals surface area contributed by atoms with Crippen molar-refractivity contribution >= 4 is 5.57 Å². The van der Waals surface area contributed by atoms with Gasteiger partial charge in [0, 0.05) is 35.9 Å². The van der Waals surface area contributed by atoms with Crippen LogP contribution in [0.3, 0.4) is 0 Å². The highest BCUT2D eigenvalue weighted by Crippen LogP contribution is 2.29. The molecule has 4 heteroatoms. The molecule has 0 saturated carbocycles. The second kappa shape index (κ2) is 22.6. The van der Waals surface area contributed by atoms with Crippen molar-refractivity contribution in [3.8, 4) is 11.1 Å². The first-order valence-corrected chi connectivity index (χ1v) is 14.5. The Kier molecular flexibility index (Phi) is 22.0. The minimum atomic E-state index is 0.772. The van der Waals surface area contributed by atoms with Gasteiger partial charge in [0.05, 0.1) is 0 Å². The maximum atomic E-state index is 4.43. The second-order valence-electron chi connectivity index (χ2n) is 9.66. The fraction of sp³-hybridized carbons (Fsp3) is 0.417. The Balaban J connectivity index is 0. The molecule has 0 atom stereocenters. The summed E-state index contributed by atoms with van der Waals surface area (Å²) in [6.45, 7) is 30.7. The predicted octanol–water partition coefficient (Wildman–Crippen LogP) is 9.28. The summed E-state index contributed by atoms with van der Waals surface area (Å²) in [5, 5.41) is 3.36. The second-order valence-corrected chi connectivity index (χ2v) is 9.66. The van der Waals surface area contributed by atoms with Crippen LogP contribution in [0.2, 0.25) is 0 Å². The van der Waals surface area contributed by atoms with E-state index in [1.807, 2.05) is 72.2 Å². The molecule has 0 fully saturated rings. The van der Waals surface area contributed by atoms with Gasteiger partial charge in [0.15, 0.2) is 0 Å². The van der Waals surface area contributed by atoms with Crippen LogP contribution in [0.15, 0.2) is 91.6 Å². The zero-order valence-corrected chi connectivity index (χ0v) is 27.8. The Labute approximate surface area is 247 Å². The van der Waals surface area contributed by atoms with E-state index in [9.17, 15) is 0 Å². The van der Waals surface area contributed by atoms with Crippen molar-refractivity contribution in [1.29, 1.82) is 0 Å². The fourth-order valence-electron chi connectivity index (χ4n) is 3.53. The van der Waals surface area contributed by atoms with Crippen molar-refractivity contribution in [3.63, 3.8) is 0 Å². The first kappa shape index (κ1) is 38.9. The topological polar surface area (TPSA) is 31.4 Å². The predicted molar refractivity (Wildman–Crippen MR) is 182 cm³/mol. The molecule has 0 aliphatic rings. The molecule has 40 heavy (non-hydrogen) atoms. The molecule has 0 amide bonds. The van der Waals surface area contributed by atoms with E-state index in [2.05, 4.69) is 106 Å². The Morgan fingerprint density at radius 1 is 0.900 bits per heavy atom. The molecule has 2 rings (SSSR count). The van der Waals surface area contributed by atoms with Gasteiger partial charge in [-0.25, -0.2) is 0 Å². The molecule has 0 radical (unpaired) electrons. The Morgan fingerprint density at radius 3 is 2.00 bits per heavy atom. The van der Waals surface area contributed by atoms with E-state index >= 15 is 0 Å². The molecule has 1 aromatic heterocycles. The number of nitrogens with zero attached hydrogens (tertiary/aromatic N) is 3. The van der Waals surface area contributed by atoms with Gasteiger partial charge in [-0.15, -0.1) is 0 Å². The van der Waals surface area contributed by atoms with Crippen LogP contribution in [0.1, 0.15) is 71.6 Å². The van der Waals surface area contributed by atoms with Gasteiger partial charge in [0.25, 0.3) is 0 Å². The van der Waals surface area contributed by atoms with Gasteiger partial charge in [0.2, 0.25) is 0 Å². The van der Waals surface area contributed by atoms with Crippen LogP contribution in [0.5, 0.6) is 0 Å². The highest BCUT2D eigenvalue weighted by molar-refractivity contribution is 5.81. The lowest BCUT2D eigenvalue weighted by Crippen LogP contribution is -2.12. The molecule has 0 aliphatic carbocycles. The van der Waals surface area contributed by atoms with Crippen molar-refractivity contribution in [3.05, 3.63) is 108 Å². The Morgan fingerprint density at radius 2 is 1.52 bits per heavy atom. The van der Waals surface area contributed by atoms with Crippen LogP contribution in [0.25, 0.3) is 16.7 Å². The Bertz CT molecular complexity index is 1090. The molecule has 1 N–H and O–H groups in total. The monoisotopic (exact) mass is 546 g/mol. The average molecular weight is 547 g/mol. The van der Waals surface area contributed by atoms with Crippen LogP contribution in [0, 0.1) is 6.92 Å². The van der Waals surface area contributed by atoms with Crippen LogP contribution in [-0.2, 0) is 6.54 Å². The van der Waals surface area contributed by atoms with Crippen LogP contribution in [-0.4, -0.2) is 49.5 Å². The molecule has 0 saturated heterocycles. The van der Waals surface area contributed by atoms with E-state index in [0.29, 0.717) is 0 Å². The number of nitrogens with one attached hydrogen (secondary N) is 1. The zero-order chi connectivity index (χ0) is 31.3. The third-order valence-corrected chi connectivity index (χ3v) is 5.38. The van der Waals surface area contributed by atoms with Gasteiger partial charge < -0.3 is 15.1 Å². The van der Waals surface area contributed by atoms with Crippen molar-refractivity contribution < 1.29 is 0 Å². The number of aromatic nitrogens is 1. The number of allylic oxidation sites excluding steroid dienone is 5. The van der Waals surface area contributed by atoms with E-state index in [0.717, 1.165) is 51.3 Å². The lowest BCUT2D eigenvalue weighted by molar-refractivity contribution is 0.402. The largest absolute Gasteiger partial charge is 0.356 e. The SMILES string of the molecule is C=C(C)/C=C\C(=C/C)NC(=C)C(=C)c1cc(-c2cncc(CN(C)C)c2)ccc1C.CC.CC.CCCN(C)C. The molecular weight excluding hydrogens is 488 g/mol. The van der Waals surface area contributed by atoms with E-state index in [-0.39, 0.29) is 0 Å². The number of hydrogen-bond acceptors (Lipinski definition) is 4. The summed E-state index contributed by atoms with van der Waals surface area (Å²) >= 11 is 0. The van der Waals surface area contributed by atoms with E-state index < -0.39 is 0 Å². The van der Waals surface area contributed by atoms with Crippen molar-refractivity contribution in [2.75, 3.05) is 34.7 Å². The summed E-state index contributed by atoms with van der Waals surface area (Å²) in [4.78, 5) is 8.75. The van der Waals surface area contributed by atoms with Crippen molar-refractivity contribution in [2.24, 2.45) is 0 Å². The maximum Gasteiger partial charge on any atom is 0.0384 e. The van der Waals surface area contributed by atoms with Gasteiger partial charge in [-0.2, -0.15) is 0 Å². The molecular formula is C36H58N4. The highest BCUT2D eigenvalue weighted by atomic mass is 15.1. The first-order valence-electron chi connectivity index (χ1n) is 14.5. The average Bonchev–Trinajstić information content (AvgIpc) is 2.93. The molecule has 222 valence electrons. The third kappa shape index (κ3) is 16.0. The number of pyridine rings is 1. The summed E-state index contributed by atoms with van der Waals surface area (Å²) in [7, 11) is 8.29. The molecule has 0 unspecified atom stereocenters. The smallest absolute Gasteiger partial charge is 0.0384 e. The third-order valence-electron chi connectivity index (χ3n) is 5.38. The van der Waals surface area contributed by atoms with Crippen LogP contribution in [0.4, 0.5) is 0 Å². The van der Waals surface area contributed by atoms with Crippen molar-refractivity contribution in [2.45, 2.75) is 68.4 Å². The molecule has 0 spiro atoms. The lowest BCUT2D eigenvalue weighted by Gasteiger charge is -2.17. The zero-order valence-electron chi connectivity index (χ0n) is 27.8. The van der Waals surface area contributed by atoms with Crippen molar-refractivity contribution in [1.82, 2.24) is 20.1 Å². The molecule has 2 aromatic rings. The van der Waals surface area contributed by atoms with Gasteiger partial charge in [-0.1, -0.05) is 84.2 Å². The van der Waals surface area contributed by atoms with Crippen LogP contribution < -0.4 is 5.32 Å². The van der Waals surface area contributed by atoms with Gasteiger partial charge in [-0.3, -0.25) is 4.98 Å². The first-order chi connectivity index (χ1) is 19.0. The van der Waals surface area contributed by atoms with Gasteiger partial charge in [0.1, 0.15) is 0 Å². The summed E-state index contributed by atoms with van der Waals surface area (Å²) in [5.74, 6) is 0. The summed E-state index contributed by atoms with van der Waals surface area (Å²) in [6.07, 6.45) is 11.0. The van der Waals surface area contributed by atoms with Crippen LogP contribution >= 0.6 is 0 Å². The molecule has 1 aromatic carbocycles. The molecule has 0 aliphatic heterocycles. The van der Waals surface area contributed by atoms with Gasteiger partial charge in [-0.05, 0) is 108 Å². The molecule has 1 heterocycles. The summed E-state index contributed by atoms with van der Waals surface area (Å²) in [5.41, 5.74) is 9.22.